The first-order chi connectivity index (χ1) is 9.35. The van der Waals surface area contributed by atoms with E-state index >= 15 is 0 Å². The summed E-state index contributed by atoms with van der Waals surface area (Å²) in [7, 11) is 0. The molecule has 0 bridgehead atoms. The first kappa shape index (κ1) is 12.7. The Kier molecular flexibility index (Phi) is 3.82. The van der Waals surface area contributed by atoms with Crippen molar-refractivity contribution in [2.75, 3.05) is 31.6 Å². The Morgan fingerprint density at radius 1 is 1.42 bits per heavy atom. The molecule has 1 saturated carbocycles. The van der Waals surface area contributed by atoms with E-state index in [1.54, 1.807) is 12.3 Å². The van der Waals surface area contributed by atoms with E-state index in [4.69, 9.17) is 4.74 Å². The molecule has 3 rings (SSSR count). The van der Waals surface area contributed by atoms with Crippen LogP contribution in [0.5, 0.6) is 5.88 Å². The molecule has 1 aliphatic carbocycles. The Morgan fingerprint density at radius 2 is 2.32 bits per heavy atom. The molecule has 0 radical (unpaired) electrons. The van der Waals surface area contributed by atoms with Crippen molar-refractivity contribution >= 4 is 5.95 Å². The maximum atomic E-state index is 5.38. The second-order valence-electron chi connectivity index (χ2n) is 5.41. The van der Waals surface area contributed by atoms with Crippen LogP contribution in [-0.2, 0) is 0 Å². The first-order valence-electron chi connectivity index (χ1n) is 7.29. The van der Waals surface area contributed by atoms with Crippen LogP contribution < -0.4 is 10.1 Å². The summed E-state index contributed by atoms with van der Waals surface area (Å²) in [6, 6.07) is 2.68. The van der Waals surface area contributed by atoms with Gasteiger partial charge in [0.1, 0.15) is 0 Å². The fourth-order valence-corrected chi connectivity index (χ4v) is 2.69. The third-order valence-corrected chi connectivity index (χ3v) is 3.85. The average molecular weight is 262 g/mol. The first-order valence-corrected chi connectivity index (χ1v) is 7.29. The van der Waals surface area contributed by atoms with Crippen LogP contribution in [0.15, 0.2) is 12.3 Å². The fraction of sp³-hybridized carbons (Fsp3) is 0.714. The summed E-state index contributed by atoms with van der Waals surface area (Å²) in [5.74, 6) is 2.04. The molecule has 1 saturated heterocycles. The number of likely N-dealkylation sites (tertiary alicyclic amines) is 1. The molecule has 1 aromatic heterocycles. The van der Waals surface area contributed by atoms with Gasteiger partial charge in [-0.25, -0.2) is 4.98 Å². The van der Waals surface area contributed by atoms with Crippen molar-refractivity contribution in [3.63, 3.8) is 0 Å². The van der Waals surface area contributed by atoms with Crippen LogP contribution in [0.3, 0.4) is 0 Å². The van der Waals surface area contributed by atoms with E-state index in [0.29, 0.717) is 18.4 Å². The minimum Gasteiger partial charge on any atom is -0.478 e. The van der Waals surface area contributed by atoms with E-state index in [1.807, 2.05) is 6.92 Å². The zero-order valence-electron chi connectivity index (χ0n) is 11.5. The number of nitrogens with zero attached hydrogens (tertiary/aromatic N) is 3. The van der Waals surface area contributed by atoms with Crippen molar-refractivity contribution in [1.29, 1.82) is 0 Å². The highest BCUT2D eigenvalue weighted by molar-refractivity contribution is 5.27. The molecule has 2 heterocycles. The summed E-state index contributed by atoms with van der Waals surface area (Å²) in [6.07, 6.45) is 5.83. The third kappa shape index (κ3) is 3.35. The van der Waals surface area contributed by atoms with Crippen LogP contribution in [0.25, 0.3) is 0 Å². The van der Waals surface area contributed by atoms with Gasteiger partial charge < -0.3 is 15.0 Å². The molecule has 1 unspecified atom stereocenters. The zero-order chi connectivity index (χ0) is 13.1. The Balaban J connectivity index is 1.47. The summed E-state index contributed by atoms with van der Waals surface area (Å²) in [6.45, 7) is 6.04. The quantitative estimate of drug-likeness (QED) is 0.846. The van der Waals surface area contributed by atoms with Crippen LogP contribution in [-0.4, -0.2) is 47.2 Å². The van der Waals surface area contributed by atoms with Gasteiger partial charge in [-0.05, 0) is 38.6 Å². The van der Waals surface area contributed by atoms with Gasteiger partial charge in [0.2, 0.25) is 11.8 Å². The number of nitrogens with one attached hydrogen (secondary N) is 1. The summed E-state index contributed by atoms with van der Waals surface area (Å²) in [5, 5.41) is 3.34. The predicted octanol–water partition coefficient (Wildman–Crippen LogP) is 1.77. The lowest BCUT2D eigenvalue weighted by molar-refractivity contribution is 0.316. The highest BCUT2D eigenvalue weighted by Crippen LogP contribution is 2.31. The number of ether oxygens (including phenoxy) is 1. The lowest BCUT2D eigenvalue weighted by atomic mass is 10.1. The minimum atomic E-state index is 0.634. The molecule has 1 atom stereocenters. The summed E-state index contributed by atoms with van der Waals surface area (Å²) in [4.78, 5) is 11.2. The average Bonchev–Trinajstić information content (AvgIpc) is 3.17. The van der Waals surface area contributed by atoms with Crippen LogP contribution in [0.1, 0.15) is 26.2 Å². The minimum absolute atomic E-state index is 0.634. The van der Waals surface area contributed by atoms with Crippen molar-refractivity contribution in [2.24, 2.45) is 5.92 Å². The Hall–Kier alpha value is -1.36. The van der Waals surface area contributed by atoms with Crippen molar-refractivity contribution < 1.29 is 4.74 Å². The normalized spacial score (nSPS) is 23.5. The Morgan fingerprint density at radius 3 is 3.11 bits per heavy atom. The maximum absolute atomic E-state index is 5.38. The van der Waals surface area contributed by atoms with Crippen molar-refractivity contribution in [3.8, 4) is 5.88 Å². The summed E-state index contributed by atoms with van der Waals surface area (Å²) in [5.41, 5.74) is 0. The number of hydrogen-bond acceptors (Lipinski definition) is 5. The van der Waals surface area contributed by atoms with Gasteiger partial charge in [0, 0.05) is 31.4 Å². The standard InChI is InChI=1S/C14H22N4O/c1-2-19-13-5-7-15-14(17-13)16-9-11-6-8-18(10-11)12-3-4-12/h5,7,11-12H,2-4,6,8-10H2,1H3,(H,15,16,17). The zero-order valence-corrected chi connectivity index (χ0v) is 11.5. The maximum Gasteiger partial charge on any atom is 0.225 e. The molecule has 1 N–H and O–H groups in total. The van der Waals surface area contributed by atoms with Gasteiger partial charge in [-0.1, -0.05) is 0 Å². The van der Waals surface area contributed by atoms with E-state index in [2.05, 4.69) is 20.2 Å². The lowest BCUT2D eigenvalue weighted by Crippen LogP contribution is -2.25. The molecular weight excluding hydrogens is 240 g/mol. The molecule has 104 valence electrons. The molecule has 2 fully saturated rings. The number of aromatic nitrogens is 2. The van der Waals surface area contributed by atoms with Gasteiger partial charge >= 0.3 is 0 Å². The topological polar surface area (TPSA) is 50.3 Å². The van der Waals surface area contributed by atoms with Gasteiger partial charge in [0.15, 0.2) is 0 Å². The Bertz CT molecular complexity index is 422. The van der Waals surface area contributed by atoms with Gasteiger partial charge in [-0.3, -0.25) is 0 Å². The molecular formula is C14H22N4O. The number of rotatable bonds is 6. The van der Waals surface area contributed by atoms with E-state index in [0.717, 1.165) is 18.5 Å². The van der Waals surface area contributed by atoms with E-state index < -0.39 is 0 Å². The van der Waals surface area contributed by atoms with E-state index in [9.17, 15) is 0 Å². The predicted molar refractivity (Wildman–Crippen MR) is 74.4 cm³/mol. The van der Waals surface area contributed by atoms with Crippen molar-refractivity contribution in [1.82, 2.24) is 14.9 Å². The van der Waals surface area contributed by atoms with E-state index in [-0.39, 0.29) is 0 Å². The molecule has 2 aliphatic rings. The van der Waals surface area contributed by atoms with Crippen LogP contribution >= 0.6 is 0 Å². The van der Waals surface area contributed by atoms with Crippen molar-refractivity contribution in [3.05, 3.63) is 12.3 Å². The van der Waals surface area contributed by atoms with Gasteiger partial charge in [0.05, 0.1) is 6.61 Å². The van der Waals surface area contributed by atoms with Crippen molar-refractivity contribution in [2.45, 2.75) is 32.2 Å². The van der Waals surface area contributed by atoms with Crippen LogP contribution in [0, 0.1) is 5.92 Å². The fourth-order valence-electron chi connectivity index (χ4n) is 2.69. The van der Waals surface area contributed by atoms with Crippen LogP contribution in [0.2, 0.25) is 0 Å². The summed E-state index contributed by atoms with van der Waals surface area (Å²) < 4.78 is 5.38. The summed E-state index contributed by atoms with van der Waals surface area (Å²) >= 11 is 0. The monoisotopic (exact) mass is 262 g/mol. The molecule has 1 aliphatic heterocycles. The largest absolute Gasteiger partial charge is 0.478 e. The second kappa shape index (κ2) is 5.74. The van der Waals surface area contributed by atoms with Gasteiger partial charge in [0.25, 0.3) is 0 Å². The molecule has 19 heavy (non-hydrogen) atoms. The highest BCUT2D eigenvalue weighted by atomic mass is 16.5. The Labute approximate surface area is 114 Å². The van der Waals surface area contributed by atoms with Gasteiger partial charge in [-0.15, -0.1) is 0 Å². The highest BCUT2D eigenvalue weighted by Gasteiger charge is 2.34. The SMILES string of the molecule is CCOc1ccnc(NCC2CCN(C3CC3)C2)n1. The molecule has 0 aromatic carbocycles. The molecule has 1 aromatic rings. The lowest BCUT2D eigenvalue weighted by Gasteiger charge is -2.15. The second-order valence-corrected chi connectivity index (χ2v) is 5.41. The van der Waals surface area contributed by atoms with Crippen LogP contribution in [0.4, 0.5) is 5.95 Å². The molecule has 5 heteroatoms. The molecule has 0 spiro atoms. The number of anilines is 1. The number of hydrogen-bond donors (Lipinski definition) is 1. The molecule has 5 nitrogen and oxygen atoms in total. The van der Waals surface area contributed by atoms with Gasteiger partial charge in [-0.2, -0.15) is 4.98 Å². The van der Waals surface area contributed by atoms with E-state index in [1.165, 1.54) is 32.4 Å². The third-order valence-electron chi connectivity index (χ3n) is 3.85. The smallest absolute Gasteiger partial charge is 0.225 e. The molecule has 0 amide bonds.